The number of methoxy groups -OCH3 is 1. The van der Waals surface area contributed by atoms with Gasteiger partial charge in [0.05, 0.1) is 32.0 Å². The minimum absolute atomic E-state index is 0. The summed E-state index contributed by atoms with van der Waals surface area (Å²) < 4.78 is 16.0. The maximum atomic E-state index is 10.4. The van der Waals surface area contributed by atoms with Gasteiger partial charge in [-0.25, -0.2) is 0 Å². The number of aliphatic hydroxyl groups excluding tert-OH is 1. The molecule has 0 aliphatic rings. The van der Waals surface area contributed by atoms with Gasteiger partial charge in [-0.3, -0.25) is 4.99 Å². The Hall–Kier alpha value is -1.10. The van der Waals surface area contributed by atoms with Gasteiger partial charge in [0.1, 0.15) is 5.75 Å². The summed E-state index contributed by atoms with van der Waals surface area (Å²) in [6, 6.07) is 7.48. The molecule has 1 aromatic rings. The molecule has 1 aromatic carbocycles. The van der Waals surface area contributed by atoms with Crippen molar-refractivity contribution < 1.29 is 19.3 Å². The maximum Gasteiger partial charge on any atom is 0.191 e. The topological polar surface area (TPSA) is 84.3 Å². The van der Waals surface area contributed by atoms with Gasteiger partial charge in [-0.15, -0.1) is 24.0 Å². The van der Waals surface area contributed by atoms with E-state index >= 15 is 0 Å². The molecule has 7 nitrogen and oxygen atoms in total. The zero-order chi connectivity index (χ0) is 19.9. The van der Waals surface area contributed by atoms with E-state index in [-0.39, 0.29) is 36.6 Å². The zero-order valence-corrected chi connectivity index (χ0v) is 19.8. The van der Waals surface area contributed by atoms with Crippen molar-refractivity contribution in [3.63, 3.8) is 0 Å². The summed E-state index contributed by atoms with van der Waals surface area (Å²) in [6.07, 6.45) is 0.337. The van der Waals surface area contributed by atoms with Crippen LogP contribution in [0.2, 0.25) is 0 Å². The van der Waals surface area contributed by atoms with Gasteiger partial charge in [0.2, 0.25) is 0 Å². The van der Waals surface area contributed by atoms with Gasteiger partial charge in [0, 0.05) is 26.8 Å². The predicted octanol–water partition coefficient (Wildman–Crippen LogP) is 2.73. The van der Waals surface area contributed by atoms with Crippen molar-refractivity contribution in [1.82, 2.24) is 10.6 Å². The third-order valence-electron chi connectivity index (χ3n) is 3.59. The van der Waals surface area contributed by atoms with E-state index in [1.54, 1.807) is 7.11 Å². The predicted molar refractivity (Wildman–Crippen MR) is 124 cm³/mol. The molecule has 0 spiro atoms. The standard InChI is InChI=1S/C20H35N3O4.HI/c1-5-21-20(22-11-6-12-26-14-13-25-4)23-15-19(24)17-7-9-18(10-8-17)27-16(2)3;/h7-10,16,19,24H,5-6,11-15H2,1-4H3,(H2,21,22,23);1H. The fraction of sp³-hybridized carbons (Fsp3) is 0.650. The van der Waals surface area contributed by atoms with Crippen molar-refractivity contribution in [3.05, 3.63) is 29.8 Å². The number of hydrogen-bond donors (Lipinski definition) is 3. The van der Waals surface area contributed by atoms with Gasteiger partial charge >= 0.3 is 0 Å². The molecular weight excluding hydrogens is 473 g/mol. The van der Waals surface area contributed by atoms with Crippen LogP contribution in [0, 0.1) is 0 Å². The normalized spacial score (nSPS) is 12.4. The second-order valence-electron chi connectivity index (χ2n) is 6.36. The van der Waals surface area contributed by atoms with Crippen LogP contribution in [0.1, 0.15) is 38.9 Å². The number of rotatable bonds is 13. The minimum atomic E-state index is -0.661. The van der Waals surface area contributed by atoms with Crippen LogP contribution >= 0.6 is 24.0 Å². The smallest absolute Gasteiger partial charge is 0.191 e. The molecule has 0 aliphatic carbocycles. The van der Waals surface area contributed by atoms with Gasteiger partial charge in [-0.2, -0.15) is 0 Å². The van der Waals surface area contributed by atoms with Crippen LogP contribution in [0.4, 0.5) is 0 Å². The van der Waals surface area contributed by atoms with Gasteiger partial charge in [-0.1, -0.05) is 12.1 Å². The van der Waals surface area contributed by atoms with Crippen molar-refractivity contribution in [2.45, 2.75) is 39.4 Å². The van der Waals surface area contributed by atoms with Crippen LogP contribution in [0.3, 0.4) is 0 Å². The van der Waals surface area contributed by atoms with E-state index in [9.17, 15) is 5.11 Å². The molecule has 162 valence electrons. The van der Waals surface area contributed by atoms with Crippen molar-refractivity contribution in [1.29, 1.82) is 0 Å². The quantitative estimate of drug-likeness (QED) is 0.164. The first kappa shape index (κ1) is 26.9. The first-order valence-electron chi connectivity index (χ1n) is 9.60. The molecule has 0 saturated carbocycles. The Morgan fingerprint density at radius 2 is 1.82 bits per heavy atom. The number of ether oxygens (including phenoxy) is 3. The molecule has 3 N–H and O–H groups in total. The third-order valence-corrected chi connectivity index (χ3v) is 3.59. The molecule has 0 radical (unpaired) electrons. The molecule has 0 aliphatic heterocycles. The number of hydrogen-bond acceptors (Lipinski definition) is 5. The minimum Gasteiger partial charge on any atom is -0.491 e. The molecule has 0 heterocycles. The van der Waals surface area contributed by atoms with Gasteiger partial charge in [0.25, 0.3) is 0 Å². The van der Waals surface area contributed by atoms with Gasteiger partial charge in [-0.05, 0) is 44.9 Å². The summed E-state index contributed by atoms with van der Waals surface area (Å²) >= 11 is 0. The second-order valence-corrected chi connectivity index (χ2v) is 6.36. The van der Waals surface area contributed by atoms with Crippen LogP contribution in [0.15, 0.2) is 29.3 Å². The van der Waals surface area contributed by atoms with E-state index in [2.05, 4.69) is 15.6 Å². The lowest BCUT2D eigenvalue weighted by Gasteiger charge is -2.14. The lowest BCUT2D eigenvalue weighted by molar-refractivity contribution is 0.0698. The van der Waals surface area contributed by atoms with Crippen LogP contribution < -0.4 is 15.4 Å². The molecule has 8 heteroatoms. The highest BCUT2D eigenvalue weighted by atomic mass is 127. The summed E-state index contributed by atoms with van der Waals surface area (Å²) in [6.45, 7) is 9.65. The lowest BCUT2D eigenvalue weighted by atomic mass is 10.1. The van der Waals surface area contributed by atoms with Crippen molar-refractivity contribution >= 4 is 29.9 Å². The van der Waals surface area contributed by atoms with Crippen LogP contribution in [-0.2, 0) is 9.47 Å². The summed E-state index contributed by atoms with van der Waals surface area (Å²) in [4.78, 5) is 4.46. The van der Waals surface area contributed by atoms with Crippen LogP contribution in [-0.4, -0.2) is 63.7 Å². The molecule has 1 rings (SSSR count). The van der Waals surface area contributed by atoms with Crippen LogP contribution in [0.5, 0.6) is 5.75 Å². The molecule has 0 aromatic heterocycles. The monoisotopic (exact) mass is 509 g/mol. The van der Waals surface area contributed by atoms with E-state index < -0.39 is 6.10 Å². The molecule has 1 unspecified atom stereocenters. The Labute approximate surface area is 186 Å². The number of guanidine groups is 1. The van der Waals surface area contributed by atoms with E-state index in [1.165, 1.54) is 0 Å². The number of nitrogens with zero attached hydrogens (tertiary/aromatic N) is 1. The highest BCUT2D eigenvalue weighted by molar-refractivity contribution is 14.0. The fourth-order valence-corrected chi connectivity index (χ4v) is 2.29. The summed E-state index contributed by atoms with van der Waals surface area (Å²) in [5.74, 6) is 1.49. The molecule has 28 heavy (non-hydrogen) atoms. The zero-order valence-electron chi connectivity index (χ0n) is 17.4. The molecule has 0 fully saturated rings. The average molecular weight is 509 g/mol. The summed E-state index contributed by atoms with van der Waals surface area (Å²) in [5.41, 5.74) is 0.817. The molecular formula is C20H36IN3O4. The highest BCUT2D eigenvalue weighted by Crippen LogP contribution is 2.19. The number of benzene rings is 1. The first-order chi connectivity index (χ1) is 13.1. The average Bonchev–Trinajstić information content (AvgIpc) is 2.65. The van der Waals surface area contributed by atoms with Crippen molar-refractivity contribution in [3.8, 4) is 5.75 Å². The Kier molecular flexibility index (Phi) is 16.2. The van der Waals surface area contributed by atoms with Crippen molar-refractivity contribution in [2.24, 2.45) is 4.99 Å². The van der Waals surface area contributed by atoms with E-state index in [0.29, 0.717) is 25.8 Å². The Balaban J connectivity index is 0.00000729. The van der Waals surface area contributed by atoms with Gasteiger partial charge < -0.3 is 30.0 Å². The SMILES string of the molecule is CCNC(=NCC(O)c1ccc(OC(C)C)cc1)NCCCOCCOC.I. The van der Waals surface area contributed by atoms with E-state index in [4.69, 9.17) is 14.2 Å². The van der Waals surface area contributed by atoms with Crippen LogP contribution in [0.25, 0.3) is 0 Å². The number of aliphatic imine (C=N–C) groups is 1. The summed E-state index contributed by atoms with van der Waals surface area (Å²) in [7, 11) is 1.66. The Bertz CT molecular complexity index is 527. The number of halogens is 1. The van der Waals surface area contributed by atoms with E-state index in [0.717, 1.165) is 30.8 Å². The fourth-order valence-electron chi connectivity index (χ4n) is 2.29. The molecule has 1 atom stereocenters. The largest absolute Gasteiger partial charge is 0.491 e. The van der Waals surface area contributed by atoms with E-state index in [1.807, 2.05) is 45.0 Å². The lowest BCUT2D eigenvalue weighted by Crippen LogP contribution is -2.38. The maximum absolute atomic E-state index is 10.4. The number of nitrogens with one attached hydrogen (secondary N) is 2. The first-order valence-corrected chi connectivity index (χ1v) is 9.60. The number of aliphatic hydroxyl groups is 1. The van der Waals surface area contributed by atoms with Gasteiger partial charge in [0.15, 0.2) is 5.96 Å². The Morgan fingerprint density at radius 3 is 2.43 bits per heavy atom. The molecule has 0 bridgehead atoms. The second kappa shape index (κ2) is 16.8. The van der Waals surface area contributed by atoms with Crippen molar-refractivity contribution in [2.75, 3.05) is 46.6 Å². The highest BCUT2D eigenvalue weighted by Gasteiger charge is 2.08. The molecule has 0 amide bonds. The summed E-state index contributed by atoms with van der Waals surface area (Å²) in [5, 5.41) is 16.8. The Morgan fingerprint density at radius 1 is 1.11 bits per heavy atom. The molecule has 0 saturated heterocycles. The third kappa shape index (κ3) is 12.4.